The van der Waals surface area contributed by atoms with Crippen LogP contribution in [0.2, 0.25) is 0 Å². The largest absolute Gasteiger partial charge is 0.345 e. The van der Waals surface area contributed by atoms with Gasteiger partial charge in [-0.2, -0.15) is 0 Å². The number of aromatic nitrogens is 1. The van der Waals surface area contributed by atoms with Crippen molar-refractivity contribution in [1.29, 1.82) is 0 Å². The maximum atomic E-state index is 11.7. The third-order valence-electron chi connectivity index (χ3n) is 3.51. The van der Waals surface area contributed by atoms with E-state index in [2.05, 4.69) is 23.6 Å². The monoisotopic (exact) mass is 251 g/mol. The zero-order valence-electron chi connectivity index (χ0n) is 10.4. The van der Waals surface area contributed by atoms with Crippen molar-refractivity contribution in [3.63, 3.8) is 0 Å². The molecule has 0 bridgehead atoms. The summed E-state index contributed by atoms with van der Waals surface area (Å²) in [5.41, 5.74) is 3.01. The Hall–Kier alpha value is -1.02. The molecule has 2 nitrogen and oxygen atoms in total. The van der Waals surface area contributed by atoms with E-state index in [1.165, 1.54) is 0 Å². The summed E-state index contributed by atoms with van der Waals surface area (Å²) < 4.78 is 2.29. The van der Waals surface area contributed by atoms with E-state index in [-0.39, 0.29) is 11.7 Å². The van der Waals surface area contributed by atoms with Crippen molar-refractivity contribution in [2.45, 2.75) is 39.2 Å². The summed E-state index contributed by atoms with van der Waals surface area (Å²) in [7, 11) is 0. The summed E-state index contributed by atoms with van der Waals surface area (Å²) >= 11 is 5.64. The first-order chi connectivity index (χ1) is 8.15. The van der Waals surface area contributed by atoms with Gasteiger partial charge in [0.1, 0.15) is 0 Å². The lowest BCUT2D eigenvalue weighted by molar-refractivity contribution is 0.102. The van der Waals surface area contributed by atoms with Crippen molar-refractivity contribution in [2.75, 3.05) is 5.88 Å². The van der Waals surface area contributed by atoms with E-state index in [0.717, 1.165) is 36.2 Å². The summed E-state index contributed by atoms with van der Waals surface area (Å²) in [5.74, 6) is 0.0897. The molecule has 0 N–H and O–H groups in total. The van der Waals surface area contributed by atoms with Gasteiger partial charge in [-0.15, -0.1) is 11.6 Å². The van der Waals surface area contributed by atoms with Gasteiger partial charge in [-0.05, 0) is 39.2 Å². The summed E-state index contributed by atoms with van der Waals surface area (Å²) in [5, 5.41) is 0. The molecular weight excluding hydrogens is 234 g/mol. The summed E-state index contributed by atoms with van der Waals surface area (Å²) in [6, 6.07) is 2.47. The maximum absolute atomic E-state index is 11.7. The molecule has 3 heteroatoms. The molecule has 1 aliphatic carbocycles. The molecule has 0 radical (unpaired) electrons. The number of Topliss-reactive ketones (excluding diaryl/α,β-unsaturated/α-hetero) is 1. The van der Waals surface area contributed by atoms with E-state index in [1.54, 1.807) is 0 Å². The number of alkyl halides is 1. The van der Waals surface area contributed by atoms with Crippen LogP contribution in [0.1, 0.15) is 47.1 Å². The molecule has 1 aromatic rings. The highest BCUT2D eigenvalue weighted by atomic mass is 35.5. The van der Waals surface area contributed by atoms with Crippen LogP contribution in [0.15, 0.2) is 18.2 Å². The molecule has 92 valence electrons. The van der Waals surface area contributed by atoms with Gasteiger partial charge in [0.2, 0.25) is 0 Å². The van der Waals surface area contributed by atoms with Gasteiger partial charge in [-0.1, -0.05) is 12.2 Å². The van der Waals surface area contributed by atoms with Crippen molar-refractivity contribution in [1.82, 2.24) is 4.57 Å². The van der Waals surface area contributed by atoms with Gasteiger partial charge in [0, 0.05) is 23.0 Å². The normalized spacial score (nSPS) is 19.6. The summed E-state index contributed by atoms with van der Waals surface area (Å²) in [4.78, 5) is 11.7. The highest BCUT2D eigenvalue weighted by Gasteiger charge is 2.20. The van der Waals surface area contributed by atoms with Crippen LogP contribution in [0.3, 0.4) is 0 Å². The van der Waals surface area contributed by atoms with Crippen LogP contribution in [0.5, 0.6) is 0 Å². The number of hydrogen-bond acceptors (Lipinski definition) is 1. The van der Waals surface area contributed by atoms with Crippen LogP contribution in [-0.4, -0.2) is 16.2 Å². The molecule has 0 saturated heterocycles. The molecule has 0 aliphatic heterocycles. The molecule has 1 heterocycles. The molecule has 1 atom stereocenters. The third-order valence-corrected chi connectivity index (χ3v) is 3.76. The van der Waals surface area contributed by atoms with Gasteiger partial charge in [-0.25, -0.2) is 0 Å². The fourth-order valence-corrected chi connectivity index (χ4v) is 2.85. The van der Waals surface area contributed by atoms with Crippen LogP contribution in [0.25, 0.3) is 0 Å². The Bertz CT molecular complexity index is 459. The smallest absolute Gasteiger partial charge is 0.179 e. The Balaban J connectivity index is 2.37. The number of allylic oxidation sites excluding steroid dienone is 2. The number of carbonyl (C=O) groups excluding carboxylic acids is 1. The SMILES string of the molecule is Cc1cc(C(=O)CCl)c(C)n1C1CC=CCC1. The summed E-state index contributed by atoms with van der Waals surface area (Å²) in [6.07, 6.45) is 7.80. The Morgan fingerprint density at radius 3 is 2.82 bits per heavy atom. The van der Waals surface area contributed by atoms with E-state index in [4.69, 9.17) is 11.6 Å². The number of nitrogens with zero attached hydrogens (tertiary/aromatic N) is 1. The van der Waals surface area contributed by atoms with E-state index in [1.807, 2.05) is 13.0 Å². The number of rotatable bonds is 3. The van der Waals surface area contributed by atoms with Crippen molar-refractivity contribution in [3.8, 4) is 0 Å². The average Bonchev–Trinajstić information content (AvgIpc) is 2.65. The number of ketones is 1. The van der Waals surface area contributed by atoms with Crippen molar-refractivity contribution in [3.05, 3.63) is 35.2 Å². The Morgan fingerprint density at radius 1 is 1.47 bits per heavy atom. The maximum Gasteiger partial charge on any atom is 0.179 e. The number of carbonyl (C=O) groups is 1. The van der Waals surface area contributed by atoms with Gasteiger partial charge < -0.3 is 4.57 Å². The Morgan fingerprint density at radius 2 is 2.24 bits per heavy atom. The number of hydrogen-bond donors (Lipinski definition) is 0. The van der Waals surface area contributed by atoms with Gasteiger partial charge in [0.15, 0.2) is 5.78 Å². The molecule has 0 aromatic carbocycles. The van der Waals surface area contributed by atoms with Crippen molar-refractivity contribution in [2.24, 2.45) is 0 Å². The molecule has 0 amide bonds. The molecule has 0 saturated carbocycles. The second kappa shape index (κ2) is 5.09. The minimum Gasteiger partial charge on any atom is -0.345 e. The fraction of sp³-hybridized carbons (Fsp3) is 0.500. The van der Waals surface area contributed by atoms with E-state index < -0.39 is 0 Å². The molecule has 1 aromatic heterocycles. The van der Waals surface area contributed by atoms with Crippen LogP contribution < -0.4 is 0 Å². The van der Waals surface area contributed by atoms with Crippen LogP contribution in [0, 0.1) is 13.8 Å². The van der Waals surface area contributed by atoms with E-state index in [0.29, 0.717) is 6.04 Å². The van der Waals surface area contributed by atoms with E-state index >= 15 is 0 Å². The minimum atomic E-state index is 0.0253. The first-order valence-electron chi connectivity index (χ1n) is 6.07. The highest BCUT2D eigenvalue weighted by Crippen LogP contribution is 2.29. The molecule has 1 aliphatic rings. The zero-order chi connectivity index (χ0) is 12.4. The Kier molecular flexibility index (Phi) is 3.72. The quantitative estimate of drug-likeness (QED) is 0.455. The molecule has 2 rings (SSSR count). The Labute approximate surface area is 107 Å². The zero-order valence-corrected chi connectivity index (χ0v) is 11.1. The van der Waals surface area contributed by atoms with Crippen molar-refractivity contribution < 1.29 is 4.79 Å². The standard InChI is InChI=1S/C14H18ClNO/c1-10-8-13(14(17)9-15)11(2)16(10)12-6-4-3-5-7-12/h3-4,8,12H,5-7,9H2,1-2H3. The lowest BCUT2D eigenvalue weighted by Gasteiger charge is -2.23. The molecule has 17 heavy (non-hydrogen) atoms. The lowest BCUT2D eigenvalue weighted by atomic mass is 10.0. The van der Waals surface area contributed by atoms with Crippen LogP contribution >= 0.6 is 11.6 Å². The predicted molar refractivity (Wildman–Crippen MR) is 71.0 cm³/mol. The van der Waals surface area contributed by atoms with Crippen LogP contribution in [0.4, 0.5) is 0 Å². The second-order valence-electron chi connectivity index (χ2n) is 4.65. The van der Waals surface area contributed by atoms with Gasteiger partial charge >= 0.3 is 0 Å². The molecule has 0 fully saturated rings. The fourth-order valence-electron chi connectivity index (χ4n) is 2.71. The molecule has 1 unspecified atom stereocenters. The summed E-state index contributed by atoms with van der Waals surface area (Å²) in [6.45, 7) is 4.08. The first-order valence-corrected chi connectivity index (χ1v) is 6.61. The van der Waals surface area contributed by atoms with Crippen molar-refractivity contribution >= 4 is 17.4 Å². The lowest BCUT2D eigenvalue weighted by Crippen LogP contribution is -2.14. The third kappa shape index (κ3) is 2.32. The minimum absolute atomic E-state index is 0.0253. The topological polar surface area (TPSA) is 22.0 Å². The van der Waals surface area contributed by atoms with Gasteiger partial charge in [0.25, 0.3) is 0 Å². The number of halogens is 1. The first kappa shape index (κ1) is 12.4. The highest BCUT2D eigenvalue weighted by molar-refractivity contribution is 6.30. The average molecular weight is 252 g/mol. The molecule has 0 spiro atoms. The van der Waals surface area contributed by atoms with E-state index in [9.17, 15) is 4.79 Å². The number of aryl methyl sites for hydroxylation is 1. The van der Waals surface area contributed by atoms with Crippen LogP contribution in [-0.2, 0) is 0 Å². The van der Waals surface area contributed by atoms with Gasteiger partial charge in [-0.3, -0.25) is 4.79 Å². The predicted octanol–water partition coefficient (Wildman–Crippen LogP) is 3.81. The van der Waals surface area contributed by atoms with Gasteiger partial charge in [0.05, 0.1) is 5.88 Å². The molecular formula is C14H18ClNO. The second-order valence-corrected chi connectivity index (χ2v) is 4.92.